The first-order valence-corrected chi connectivity index (χ1v) is 16.0. The molecule has 4 atom stereocenters. The van der Waals surface area contributed by atoms with Crippen LogP contribution in [0.1, 0.15) is 77.5 Å². The molecular formula is C37H51N5O2. The number of ether oxygens (including phenoxy) is 1. The van der Waals surface area contributed by atoms with E-state index < -0.39 is 6.09 Å². The number of amides is 1. The van der Waals surface area contributed by atoms with Crippen molar-refractivity contribution in [3.8, 4) is 17.3 Å². The van der Waals surface area contributed by atoms with E-state index in [9.17, 15) is 4.79 Å². The fraction of sp³-hybridized carbons (Fsp3) is 0.541. The molecule has 1 aromatic carbocycles. The third kappa shape index (κ3) is 7.12. The Balaban J connectivity index is 1.90. The van der Waals surface area contributed by atoms with E-state index in [1.54, 1.807) is 16.7 Å². The molecule has 1 aliphatic rings. The number of carbonyl (C=O) groups is 1. The van der Waals surface area contributed by atoms with Crippen LogP contribution >= 0.6 is 0 Å². The predicted octanol–water partition coefficient (Wildman–Crippen LogP) is 9.58. The lowest BCUT2D eigenvalue weighted by Crippen LogP contribution is -2.40. The second kappa shape index (κ2) is 13.5. The number of aromatic amines is 1. The Morgan fingerprint density at radius 2 is 1.82 bits per heavy atom. The average molecular weight is 598 g/mol. The van der Waals surface area contributed by atoms with Crippen LogP contribution in [0.3, 0.4) is 0 Å². The minimum absolute atomic E-state index is 0.118. The highest BCUT2D eigenvalue weighted by Crippen LogP contribution is 2.51. The van der Waals surface area contributed by atoms with Gasteiger partial charge in [-0.1, -0.05) is 70.9 Å². The summed E-state index contributed by atoms with van der Waals surface area (Å²) in [5.41, 5.74) is 5.22. The van der Waals surface area contributed by atoms with Gasteiger partial charge < -0.3 is 9.64 Å². The van der Waals surface area contributed by atoms with Crippen molar-refractivity contribution >= 4 is 17.4 Å². The Hall–Kier alpha value is -3.79. The molecule has 3 aromatic rings. The van der Waals surface area contributed by atoms with Crippen LogP contribution in [0, 0.1) is 55.4 Å². The smallest absolute Gasteiger partial charge is 0.402 e. The van der Waals surface area contributed by atoms with Crippen molar-refractivity contribution in [2.75, 3.05) is 13.1 Å². The van der Waals surface area contributed by atoms with Crippen molar-refractivity contribution < 1.29 is 9.53 Å². The highest BCUT2D eigenvalue weighted by molar-refractivity contribution is 5.80. The van der Waals surface area contributed by atoms with E-state index in [0.717, 1.165) is 28.7 Å². The molecule has 4 rings (SSSR count). The highest BCUT2D eigenvalue weighted by Gasteiger charge is 2.43. The summed E-state index contributed by atoms with van der Waals surface area (Å²) in [6, 6.07) is 6.33. The molecular weight excluding hydrogens is 546 g/mol. The van der Waals surface area contributed by atoms with E-state index in [0.29, 0.717) is 66.3 Å². The van der Waals surface area contributed by atoms with Crippen LogP contribution in [-0.4, -0.2) is 38.7 Å². The van der Waals surface area contributed by atoms with E-state index in [4.69, 9.17) is 16.3 Å². The summed E-state index contributed by atoms with van der Waals surface area (Å²) in [4.78, 5) is 24.0. The largest absolute Gasteiger partial charge is 0.416 e. The first-order valence-electron chi connectivity index (χ1n) is 16.0. The zero-order valence-electron chi connectivity index (χ0n) is 28.0. The van der Waals surface area contributed by atoms with Crippen LogP contribution in [0.25, 0.3) is 21.9 Å². The van der Waals surface area contributed by atoms with E-state index in [-0.39, 0.29) is 11.3 Å². The second-order valence-corrected chi connectivity index (χ2v) is 14.5. The summed E-state index contributed by atoms with van der Waals surface area (Å²) in [5, 5.41) is 3.39. The maximum atomic E-state index is 13.4. The monoisotopic (exact) mass is 597 g/mol. The minimum Gasteiger partial charge on any atom is -0.402 e. The maximum Gasteiger partial charge on any atom is 0.416 e. The quantitative estimate of drug-likeness (QED) is 0.187. The van der Waals surface area contributed by atoms with Gasteiger partial charge in [-0.3, -0.25) is 5.10 Å². The van der Waals surface area contributed by atoms with Crippen molar-refractivity contribution in [1.82, 2.24) is 19.5 Å². The first-order chi connectivity index (χ1) is 20.8. The lowest BCUT2D eigenvalue weighted by Gasteiger charge is -2.48. The maximum absolute atomic E-state index is 13.4. The second-order valence-electron chi connectivity index (χ2n) is 14.5. The topological polar surface area (TPSA) is 67.0 Å². The van der Waals surface area contributed by atoms with E-state index >= 15 is 0 Å². The third-order valence-electron chi connectivity index (χ3n) is 9.17. The molecule has 2 aromatic heterocycles. The fourth-order valence-electron chi connectivity index (χ4n) is 7.49. The summed E-state index contributed by atoms with van der Waals surface area (Å²) in [6.45, 7) is 34.7. The molecule has 4 unspecified atom stereocenters. The number of aryl methyl sites for hydroxylation is 2. The molecule has 236 valence electrons. The Bertz CT molecular complexity index is 1510. The molecule has 0 aliphatic heterocycles. The lowest BCUT2D eigenvalue weighted by atomic mass is 9.57. The van der Waals surface area contributed by atoms with Gasteiger partial charge in [-0.05, 0) is 86.7 Å². The number of H-pyrrole nitrogens is 1. The van der Waals surface area contributed by atoms with Gasteiger partial charge in [0.25, 0.3) is 5.69 Å². The number of nitrogens with one attached hydrogen (secondary N) is 1. The summed E-state index contributed by atoms with van der Waals surface area (Å²) in [5.74, 6) is 3.52. The lowest BCUT2D eigenvalue weighted by molar-refractivity contribution is 0.0259. The molecule has 0 spiro atoms. The van der Waals surface area contributed by atoms with Crippen LogP contribution in [0.4, 0.5) is 10.5 Å². The highest BCUT2D eigenvalue weighted by atomic mass is 16.6. The van der Waals surface area contributed by atoms with Gasteiger partial charge in [-0.2, -0.15) is 0 Å². The number of benzene rings is 1. The minimum atomic E-state index is -0.556. The van der Waals surface area contributed by atoms with Crippen molar-refractivity contribution in [2.45, 2.75) is 81.1 Å². The standard InChI is InChI=1S/C37H51N5O2/c1-12-14-41(15-13-2)36(43)44-35-32(38-11)30(34-39-33(40-42(34)35)28-19-24(5)17-25(6)20-28)22-29-27(16-23(3)4)18-26(7)21-31(29)37(8,9)10/h12-13,17,19-20,23,26-27,29,31H,1-2,14-16,18,21-22H2,3-10H3,(H,39,40). The number of fused-ring (bicyclic) bond motifs is 1. The molecule has 0 saturated heterocycles. The number of rotatable bonds is 10. The van der Waals surface area contributed by atoms with Crippen LogP contribution in [0.5, 0.6) is 5.88 Å². The molecule has 0 bridgehead atoms. The molecule has 1 saturated carbocycles. The van der Waals surface area contributed by atoms with Crippen molar-refractivity contribution in [1.29, 1.82) is 0 Å². The van der Waals surface area contributed by atoms with Gasteiger partial charge in [0.1, 0.15) is 5.65 Å². The molecule has 44 heavy (non-hydrogen) atoms. The van der Waals surface area contributed by atoms with Crippen LogP contribution in [0.2, 0.25) is 0 Å². The normalized spacial score (nSPS) is 20.5. The first kappa shape index (κ1) is 33.1. The van der Waals surface area contributed by atoms with E-state index in [1.807, 2.05) is 0 Å². The number of aromatic nitrogens is 3. The van der Waals surface area contributed by atoms with Gasteiger partial charge in [0.15, 0.2) is 5.82 Å². The van der Waals surface area contributed by atoms with Crippen LogP contribution < -0.4 is 4.74 Å². The van der Waals surface area contributed by atoms with Gasteiger partial charge in [-0.25, -0.2) is 19.1 Å². The summed E-state index contributed by atoms with van der Waals surface area (Å²) < 4.78 is 7.77. The summed E-state index contributed by atoms with van der Waals surface area (Å²) in [7, 11) is 0. The SMILES string of the molecule is [C-]#[N+]c1c(CC2C(CC(C)C)CC(C)CC2C(C)(C)C)c2nc(-c3cc(C)cc(C)c3)[nH]n2c1OC(=O)N(CC=C)CC=C. The molecule has 0 radical (unpaired) electrons. The third-order valence-corrected chi connectivity index (χ3v) is 9.17. The van der Waals surface area contributed by atoms with Gasteiger partial charge in [0, 0.05) is 24.2 Å². The van der Waals surface area contributed by atoms with Gasteiger partial charge in [0.2, 0.25) is 5.88 Å². The van der Waals surface area contributed by atoms with Gasteiger partial charge >= 0.3 is 6.09 Å². The van der Waals surface area contributed by atoms with Gasteiger partial charge in [-0.15, -0.1) is 13.2 Å². The van der Waals surface area contributed by atoms with Crippen LogP contribution in [-0.2, 0) is 6.42 Å². The van der Waals surface area contributed by atoms with E-state index in [1.165, 1.54) is 17.7 Å². The van der Waals surface area contributed by atoms with E-state index in [2.05, 4.69) is 96.7 Å². The Morgan fingerprint density at radius 1 is 1.18 bits per heavy atom. The molecule has 7 nitrogen and oxygen atoms in total. The van der Waals surface area contributed by atoms with Crippen LogP contribution in [0.15, 0.2) is 43.5 Å². The summed E-state index contributed by atoms with van der Waals surface area (Å²) >= 11 is 0. The number of carbonyl (C=O) groups excluding carboxylic acids is 1. The number of hydrogen-bond acceptors (Lipinski definition) is 3. The van der Waals surface area contributed by atoms with Crippen molar-refractivity contribution in [2.24, 2.45) is 35.0 Å². The zero-order valence-corrected chi connectivity index (χ0v) is 28.0. The molecule has 1 aliphatic carbocycles. The van der Waals surface area contributed by atoms with Gasteiger partial charge in [0.05, 0.1) is 6.57 Å². The average Bonchev–Trinajstić information content (AvgIpc) is 3.46. The van der Waals surface area contributed by atoms with Crippen molar-refractivity contribution in [3.63, 3.8) is 0 Å². The Morgan fingerprint density at radius 3 is 2.36 bits per heavy atom. The molecule has 1 fully saturated rings. The Kier molecular flexibility index (Phi) is 10.1. The Labute approximate surface area is 264 Å². The zero-order chi connectivity index (χ0) is 32.3. The number of nitrogens with zero attached hydrogens (tertiary/aromatic N) is 4. The molecule has 2 heterocycles. The van der Waals surface area contributed by atoms with Crippen molar-refractivity contribution in [3.05, 3.63) is 71.6 Å². The molecule has 7 heteroatoms. The fourth-order valence-corrected chi connectivity index (χ4v) is 7.49. The predicted molar refractivity (Wildman–Crippen MR) is 180 cm³/mol. The molecule has 1 amide bonds. The molecule has 1 N–H and O–H groups in total. The summed E-state index contributed by atoms with van der Waals surface area (Å²) in [6.07, 6.45) is 6.97. The number of hydrogen-bond donors (Lipinski definition) is 1.